The molecule has 0 unspecified atom stereocenters. The molecule has 0 aromatic heterocycles. The van der Waals surface area contributed by atoms with E-state index in [-0.39, 0.29) is 0 Å². The molecule has 2 nitrogen and oxygen atoms in total. The van der Waals surface area contributed by atoms with E-state index in [4.69, 9.17) is 10.2 Å². The second-order valence-electron chi connectivity index (χ2n) is 7.40. The second kappa shape index (κ2) is 17.3. The first-order valence-corrected chi connectivity index (χ1v) is 9.99. The van der Waals surface area contributed by atoms with Crippen LogP contribution in [0.5, 0.6) is 0 Å². The van der Waals surface area contributed by atoms with Crippen molar-refractivity contribution in [1.29, 1.82) is 0 Å². The highest BCUT2D eigenvalue weighted by Gasteiger charge is 1.97. The number of aliphatic hydroxyl groups is 2. The van der Waals surface area contributed by atoms with Gasteiger partial charge in [-0.15, -0.1) is 0 Å². The predicted molar refractivity (Wildman–Crippen MR) is 96.9 cm³/mol. The third kappa shape index (κ3) is 19.9. The lowest BCUT2D eigenvalue weighted by Crippen LogP contribution is -2.02. The first kappa shape index (κ1) is 21.9. The van der Waals surface area contributed by atoms with Crippen molar-refractivity contribution in [1.82, 2.24) is 0 Å². The molecule has 0 aromatic rings. The highest BCUT2D eigenvalue weighted by atomic mass is 16.5. The number of rotatable bonds is 17. The van der Waals surface area contributed by atoms with Crippen LogP contribution in [0.3, 0.4) is 0 Å². The largest absolute Gasteiger partial charge is 0.368 e. The van der Waals surface area contributed by atoms with Crippen molar-refractivity contribution in [2.75, 3.05) is 0 Å². The Kier molecular flexibility index (Phi) is 17.2. The SMILES string of the molecule is CC(C)CCCCCCCCCCCCCCCCC(O)O. The van der Waals surface area contributed by atoms with Gasteiger partial charge in [0.25, 0.3) is 0 Å². The molecule has 0 rings (SSSR count). The van der Waals surface area contributed by atoms with Gasteiger partial charge in [0.2, 0.25) is 0 Å². The molecule has 0 fully saturated rings. The fourth-order valence-corrected chi connectivity index (χ4v) is 3.00. The molecular weight excluding hydrogens is 272 g/mol. The predicted octanol–water partition coefficient (Wildman–Crippen LogP) is 6.19. The number of aliphatic hydroxyl groups excluding tert-OH is 1. The third-order valence-corrected chi connectivity index (χ3v) is 4.49. The molecule has 0 heterocycles. The lowest BCUT2D eigenvalue weighted by Gasteiger charge is -2.05. The number of hydrogen-bond acceptors (Lipinski definition) is 2. The summed E-state index contributed by atoms with van der Waals surface area (Å²) in [5.74, 6) is 0.876. The van der Waals surface area contributed by atoms with Gasteiger partial charge in [-0.05, 0) is 18.8 Å². The van der Waals surface area contributed by atoms with Crippen molar-refractivity contribution >= 4 is 0 Å². The molecule has 0 spiro atoms. The fraction of sp³-hybridized carbons (Fsp3) is 1.00. The van der Waals surface area contributed by atoms with Crippen LogP contribution in [0.15, 0.2) is 0 Å². The van der Waals surface area contributed by atoms with E-state index in [1.807, 2.05) is 0 Å². The quantitative estimate of drug-likeness (QED) is 0.248. The highest BCUT2D eigenvalue weighted by molar-refractivity contribution is 4.51. The average Bonchev–Trinajstić information content (AvgIpc) is 2.46. The molecule has 2 heteroatoms. The van der Waals surface area contributed by atoms with Crippen LogP contribution in [0.25, 0.3) is 0 Å². The zero-order chi connectivity index (χ0) is 16.5. The van der Waals surface area contributed by atoms with Crippen molar-refractivity contribution in [2.24, 2.45) is 5.92 Å². The summed E-state index contributed by atoms with van der Waals surface area (Å²) in [4.78, 5) is 0. The molecule has 0 amide bonds. The maximum absolute atomic E-state index is 8.73. The Morgan fingerprint density at radius 2 is 0.727 bits per heavy atom. The minimum Gasteiger partial charge on any atom is -0.368 e. The molecule has 134 valence electrons. The van der Waals surface area contributed by atoms with E-state index in [0.717, 1.165) is 18.8 Å². The van der Waals surface area contributed by atoms with E-state index in [2.05, 4.69) is 13.8 Å². The molecule has 22 heavy (non-hydrogen) atoms. The third-order valence-electron chi connectivity index (χ3n) is 4.49. The maximum atomic E-state index is 8.73. The van der Waals surface area contributed by atoms with Crippen LogP contribution >= 0.6 is 0 Å². The molecule has 0 aliphatic carbocycles. The first-order chi connectivity index (χ1) is 10.6. The Bertz CT molecular complexity index is 180. The van der Waals surface area contributed by atoms with Gasteiger partial charge >= 0.3 is 0 Å². The molecule has 0 bridgehead atoms. The van der Waals surface area contributed by atoms with Gasteiger partial charge < -0.3 is 10.2 Å². The van der Waals surface area contributed by atoms with Crippen LogP contribution < -0.4 is 0 Å². The number of unbranched alkanes of at least 4 members (excludes halogenated alkanes) is 13. The van der Waals surface area contributed by atoms with Gasteiger partial charge in [0, 0.05) is 0 Å². The summed E-state index contributed by atoms with van der Waals surface area (Å²) in [5.41, 5.74) is 0. The lowest BCUT2D eigenvalue weighted by atomic mass is 10.0. The molecule has 0 aromatic carbocycles. The number of hydrogen-bond donors (Lipinski definition) is 2. The van der Waals surface area contributed by atoms with Crippen molar-refractivity contribution in [3.8, 4) is 0 Å². The Morgan fingerprint density at radius 3 is 1.00 bits per heavy atom. The molecule has 0 atom stereocenters. The minimum atomic E-state index is -1.10. The fourth-order valence-electron chi connectivity index (χ4n) is 3.00. The second-order valence-corrected chi connectivity index (χ2v) is 7.40. The van der Waals surface area contributed by atoms with Crippen molar-refractivity contribution in [3.63, 3.8) is 0 Å². The summed E-state index contributed by atoms with van der Waals surface area (Å²) in [6.45, 7) is 4.64. The smallest absolute Gasteiger partial charge is 0.151 e. The summed E-state index contributed by atoms with van der Waals surface area (Å²) in [6, 6.07) is 0. The summed E-state index contributed by atoms with van der Waals surface area (Å²) in [5, 5.41) is 17.5. The topological polar surface area (TPSA) is 40.5 Å². The molecular formula is C20H42O2. The molecule has 0 saturated heterocycles. The Balaban J connectivity index is 2.97. The monoisotopic (exact) mass is 314 g/mol. The van der Waals surface area contributed by atoms with Crippen LogP contribution in [0.4, 0.5) is 0 Å². The summed E-state index contributed by atoms with van der Waals surface area (Å²) < 4.78 is 0. The Hall–Kier alpha value is -0.0800. The van der Waals surface area contributed by atoms with Crippen molar-refractivity contribution < 1.29 is 10.2 Å². The van der Waals surface area contributed by atoms with Gasteiger partial charge in [-0.2, -0.15) is 0 Å². The summed E-state index contributed by atoms with van der Waals surface area (Å²) in [7, 11) is 0. The zero-order valence-electron chi connectivity index (χ0n) is 15.4. The van der Waals surface area contributed by atoms with Gasteiger partial charge in [-0.3, -0.25) is 0 Å². The van der Waals surface area contributed by atoms with Crippen LogP contribution in [0, 0.1) is 5.92 Å². The molecule has 2 N–H and O–H groups in total. The van der Waals surface area contributed by atoms with Crippen LogP contribution in [-0.4, -0.2) is 16.5 Å². The van der Waals surface area contributed by atoms with Crippen LogP contribution in [0.1, 0.15) is 117 Å². The Labute approximate surface area is 139 Å². The maximum Gasteiger partial charge on any atom is 0.151 e. The normalized spacial score (nSPS) is 11.7. The van der Waals surface area contributed by atoms with E-state index in [1.165, 1.54) is 83.5 Å². The van der Waals surface area contributed by atoms with Gasteiger partial charge in [-0.1, -0.05) is 104 Å². The van der Waals surface area contributed by atoms with E-state index >= 15 is 0 Å². The summed E-state index contributed by atoms with van der Waals surface area (Å²) in [6.07, 6.45) is 19.7. The van der Waals surface area contributed by atoms with Gasteiger partial charge in [0.05, 0.1) is 0 Å². The van der Waals surface area contributed by atoms with E-state index in [9.17, 15) is 0 Å². The van der Waals surface area contributed by atoms with E-state index in [1.54, 1.807) is 0 Å². The molecule has 0 aliphatic heterocycles. The van der Waals surface area contributed by atoms with Crippen LogP contribution in [0.2, 0.25) is 0 Å². The summed E-state index contributed by atoms with van der Waals surface area (Å²) >= 11 is 0. The minimum absolute atomic E-state index is 0.539. The van der Waals surface area contributed by atoms with Crippen molar-refractivity contribution in [3.05, 3.63) is 0 Å². The van der Waals surface area contributed by atoms with E-state index < -0.39 is 6.29 Å². The standard InChI is InChI=1S/C20H42O2/c1-19(2)17-15-13-11-9-7-5-3-4-6-8-10-12-14-16-18-20(21)22/h19-22H,3-18H2,1-2H3. The van der Waals surface area contributed by atoms with Crippen LogP contribution in [-0.2, 0) is 0 Å². The van der Waals surface area contributed by atoms with Gasteiger partial charge in [0.15, 0.2) is 6.29 Å². The van der Waals surface area contributed by atoms with Gasteiger partial charge in [-0.25, -0.2) is 0 Å². The van der Waals surface area contributed by atoms with Gasteiger partial charge in [0.1, 0.15) is 0 Å². The highest BCUT2D eigenvalue weighted by Crippen LogP contribution is 2.14. The average molecular weight is 315 g/mol. The lowest BCUT2D eigenvalue weighted by molar-refractivity contribution is -0.0466. The first-order valence-electron chi connectivity index (χ1n) is 9.99. The van der Waals surface area contributed by atoms with E-state index in [0.29, 0.717) is 6.42 Å². The Morgan fingerprint density at radius 1 is 0.455 bits per heavy atom. The zero-order valence-corrected chi connectivity index (χ0v) is 15.4. The molecule has 0 saturated carbocycles. The molecule has 0 aliphatic rings. The molecule has 0 radical (unpaired) electrons. The van der Waals surface area contributed by atoms with Crippen molar-refractivity contribution in [2.45, 2.75) is 123 Å².